The fourth-order valence-corrected chi connectivity index (χ4v) is 3.05. The van der Waals surface area contributed by atoms with Crippen LogP contribution < -0.4 is 14.8 Å². The smallest absolute Gasteiger partial charge is 0.356 e. The molecule has 1 aliphatic rings. The van der Waals surface area contributed by atoms with E-state index in [1.54, 1.807) is 17.5 Å². The highest BCUT2D eigenvalue weighted by atomic mass is 32.1. The molecular weight excluding hydrogens is 360 g/mol. The van der Waals surface area contributed by atoms with Gasteiger partial charge in [0.2, 0.25) is 6.79 Å². The zero-order valence-corrected chi connectivity index (χ0v) is 13.8. The number of carbonyl (C=O) groups excluding carboxylic acids is 1. The van der Waals surface area contributed by atoms with E-state index in [1.807, 2.05) is 6.07 Å². The number of amides is 1. The number of ether oxygens (including phenoxy) is 2. The summed E-state index contributed by atoms with van der Waals surface area (Å²) in [6.07, 6.45) is 2.46. The third kappa shape index (κ3) is 2.93. The minimum Gasteiger partial charge on any atom is -0.476 e. The van der Waals surface area contributed by atoms with Crippen molar-refractivity contribution in [3.63, 3.8) is 0 Å². The summed E-state index contributed by atoms with van der Waals surface area (Å²) in [6, 6.07) is 5.42. The number of carbonyl (C=O) groups is 2. The first-order valence-corrected chi connectivity index (χ1v) is 8.21. The minimum absolute atomic E-state index is 0.182. The molecule has 0 atom stereocenters. The van der Waals surface area contributed by atoms with Gasteiger partial charge in [0.25, 0.3) is 5.91 Å². The van der Waals surface area contributed by atoms with Crippen LogP contribution in [0.15, 0.2) is 36.0 Å². The second-order valence-electron chi connectivity index (χ2n) is 5.12. The molecule has 9 nitrogen and oxygen atoms in total. The van der Waals surface area contributed by atoms with E-state index in [-0.39, 0.29) is 12.5 Å². The number of nitrogens with zero attached hydrogens (tertiary/aromatic N) is 3. The number of nitrogens with one attached hydrogen (secondary N) is 1. The lowest BCUT2D eigenvalue weighted by Gasteiger charge is -2.03. The van der Waals surface area contributed by atoms with Gasteiger partial charge in [-0.3, -0.25) is 10.1 Å². The Hall–Kier alpha value is -3.53. The fourth-order valence-electron chi connectivity index (χ4n) is 2.34. The number of carboxylic acid groups (broad SMARTS) is 1. The summed E-state index contributed by atoms with van der Waals surface area (Å²) in [6.45, 7) is 0.182. The van der Waals surface area contributed by atoms with Crippen molar-refractivity contribution in [3.8, 4) is 22.8 Å². The maximum Gasteiger partial charge on any atom is 0.356 e. The summed E-state index contributed by atoms with van der Waals surface area (Å²) in [5.41, 5.74) is 0.746. The van der Waals surface area contributed by atoms with Crippen molar-refractivity contribution in [2.24, 2.45) is 0 Å². The number of hydrogen-bond acceptors (Lipinski definition) is 8. The van der Waals surface area contributed by atoms with Crippen molar-refractivity contribution in [2.45, 2.75) is 0 Å². The highest BCUT2D eigenvalue weighted by molar-refractivity contribution is 7.14. The van der Waals surface area contributed by atoms with Gasteiger partial charge in [0, 0.05) is 23.3 Å². The van der Waals surface area contributed by atoms with Crippen LogP contribution in [-0.4, -0.2) is 38.7 Å². The van der Waals surface area contributed by atoms with Crippen molar-refractivity contribution in [1.29, 1.82) is 0 Å². The largest absolute Gasteiger partial charge is 0.476 e. The summed E-state index contributed by atoms with van der Waals surface area (Å²) in [5, 5.41) is 13.7. The summed E-state index contributed by atoms with van der Waals surface area (Å²) in [4.78, 5) is 35.2. The number of carboxylic acids is 1. The van der Waals surface area contributed by atoms with Crippen molar-refractivity contribution in [1.82, 2.24) is 15.0 Å². The Morgan fingerprint density at radius 1 is 1.12 bits per heavy atom. The lowest BCUT2D eigenvalue weighted by Crippen LogP contribution is -2.19. The van der Waals surface area contributed by atoms with Gasteiger partial charge in [-0.25, -0.2) is 19.7 Å². The Labute approximate surface area is 150 Å². The van der Waals surface area contributed by atoms with E-state index in [0.29, 0.717) is 22.3 Å². The predicted molar refractivity (Wildman–Crippen MR) is 90.6 cm³/mol. The average molecular weight is 370 g/mol. The third-order valence-electron chi connectivity index (χ3n) is 3.51. The first-order chi connectivity index (χ1) is 12.6. The topological polar surface area (TPSA) is 124 Å². The molecule has 130 valence electrons. The molecule has 0 saturated heterocycles. The molecule has 4 rings (SSSR count). The zero-order chi connectivity index (χ0) is 18.1. The number of anilines is 1. The van der Waals surface area contributed by atoms with Gasteiger partial charge in [-0.05, 0) is 18.2 Å². The van der Waals surface area contributed by atoms with Gasteiger partial charge in [0.15, 0.2) is 28.0 Å². The highest BCUT2D eigenvalue weighted by Gasteiger charge is 2.21. The van der Waals surface area contributed by atoms with Crippen LogP contribution in [0.25, 0.3) is 11.3 Å². The fraction of sp³-hybridized carbons (Fsp3) is 0.0625. The second kappa shape index (κ2) is 6.41. The molecule has 0 unspecified atom stereocenters. The Bertz CT molecular complexity index is 1020. The Morgan fingerprint density at radius 3 is 2.69 bits per heavy atom. The molecule has 1 aromatic carbocycles. The van der Waals surface area contributed by atoms with Crippen molar-refractivity contribution < 1.29 is 24.2 Å². The Kier molecular flexibility index (Phi) is 3.93. The predicted octanol–water partition coefficient (Wildman–Crippen LogP) is 2.28. The number of benzene rings is 1. The molecule has 1 aliphatic heterocycles. The summed E-state index contributed by atoms with van der Waals surface area (Å²) in [5.74, 6) is -0.723. The Morgan fingerprint density at radius 2 is 1.88 bits per heavy atom. The van der Waals surface area contributed by atoms with Crippen LogP contribution in [0.2, 0.25) is 0 Å². The second-order valence-corrected chi connectivity index (χ2v) is 5.98. The SMILES string of the molecule is O=C(O)c1nccnc1C(=O)Nc1nc(-c2ccc3c(c2)OCO3)cs1. The zero-order valence-electron chi connectivity index (χ0n) is 13.0. The van der Waals surface area contributed by atoms with Crippen LogP contribution >= 0.6 is 11.3 Å². The van der Waals surface area contributed by atoms with Crippen molar-refractivity contribution >= 4 is 28.3 Å². The van der Waals surface area contributed by atoms with Crippen LogP contribution in [0.1, 0.15) is 21.0 Å². The van der Waals surface area contributed by atoms with Crippen LogP contribution in [0, 0.1) is 0 Å². The molecule has 0 saturated carbocycles. The number of fused-ring (bicyclic) bond motifs is 1. The lowest BCUT2D eigenvalue weighted by atomic mass is 10.1. The van der Waals surface area contributed by atoms with Gasteiger partial charge < -0.3 is 14.6 Å². The molecule has 0 spiro atoms. The summed E-state index contributed by atoms with van der Waals surface area (Å²) in [7, 11) is 0. The van der Waals surface area contributed by atoms with E-state index in [1.165, 1.54) is 23.7 Å². The first kappa shape index (κ1) is 16.0. The molecule has 10 heteroatoms. The molecule has 26 heavy (non-hydrogen) atoms. The molecule has 0 bridgehead atoms. The van der Waals surface area contributed by atoms with Crippen molar-refractivity contribution in [2.75, 3.05) is 12.1 Å². The normalized spacial score (nSPS) is 12.0. The molecular formula is C16H10N4O5S. The number of aromatic nitrogens is 3. The van der Waals surface area contributed by atoms with Gasteiger partial charge in [-0.15, -0.1) is 11.3 Å². The molecule has 2 aromatic heterocycles. The van der Waals surface area contributed by atoms with Gasteiger partial charge in [0.05, 0.1) is 5.69 Å². The van der Waals surface area contributed by atoms with E-state index in [0.717, 1.165) is 5.56 Å². The molecule has 0 fully saturated rings. The maximum absolute atomic E-state index is 12.3. The van der Waals surface area contributed by atoms with Gasteiger partial charge in [0.1, 0.15) is 0 Å². The molecule has 3 heterocycles. The number of aromatic carboxylic acids is 1. The van der Waals surface area contributed by atoms with Crippen LogP contribution in [0.4, 0.5) is 5.13 Å². The van der Waals surface area contributed by atoms with Crippen LogP contribution in [-0.2, 0) is 0 Å². The standard InChI is InChI=1S/C16H10N4O5S/c21-14(12-13(15(22)23)18-4-3-17-12)20-16-19-9(6-26-16)8-1-2-10-11(5-8)25-7-24-10/h1-6H,7H2,(H,22,23)(H,19,20,21). The molecule has 0 aliphatic carbocycles. The monoisotopic (exact) mass is 370 g/mol. The minimum atomic E-state index is -1.33. The molecule has 1 amide bonds. The van der Waals surface area contributed by atoms with Gasteiger partial charge in [-0.1, -0.05) is 0 Å². The molecule has 2 N–H and O–H groups in total. The van der Waals surface area contributed by atoms with Gasteiger partial charge >= 0.3 is 5.97 Å². The van der Waals surface area contributed by atoms with Crippen LogP contribution in [0.5, 0.6) is 11.5 Å². The summed E-state index contributed by atoms with van der Waals surface area (Å²) < 4.78 is 10.6. The third-order valence-corrected chi connectivity index (χ3v) is 4.27. The number of thiazole rings is 1. The van der Waals surface area contributed by atoms with Crippen molar-refractivity contribution in [3.05, 3.63) is 47.4 Å². The lowest BCUT2D eigenvalue weighted by molar-refractivity contribution is 0.0685. The molecule has 0 radical (unpaired) electrons. The van der Waals surface area contributed by atoms with Gasteiger partial charge in [-0.2, -0.15) is 0 Å². The van der Waals surface area contributed by atoms with E-state index in [2.05, 4.69) is 20.3 Å². The van der Waals surface area contributed by atoms with E-state index in [9.17, 15) is 9.59 Å². The van der Waals surface area contributed by atoms with E-state index < -0.39 is 17.6 Å². The maximum atomic E-state index is 12.3. The first-order valence-electron chi connectivity index (χ1n) is 7.33. The summed E-state index contributed by atoms with van der Waals surface area (Å²) >= 11 is 1.20. The van der Waals surface area contributed by atoms with Crippen LogP contribution in [0.3, 0.4) is 0 Å². The Balaban J connectivity index is 1.56. The number of rotatable bonds is 4. The van der Waals surface area contributed by atoms with E-state index >= 15 is 0 Å². The quantitative estimate of drug-likeness (QED) is 0.717. The van der Waals surface area contributed by atoms with E-state index in [4.69, 9.17) is 14.6 Å². The number of hydrogen-bond donors (Lipinski definition) is 2. The highest BCUT2D eigenvalue weighted by Crippen LogP contribution is 2.36. The molecule has 3 aromatic rings. The average Bonchev–Trinajstić information content (AvgIpc) is 3.30.